The van der Waals surface area contributed by atoms with Gasteiger partial charge in [-0.1, -0.05) is 6.92 Å². The van der Waals surface area contributed by atoms with Crippen LogP contribution in [0.15, 0.2) is 18.7 Å². The quantitative estimate of drug-likeness (QED) is 0.741. The van der Waals surface area contributed by atoms with E-state index in [1.165, 1.54) is 23.3 Å². The Morgan fingerprint density at radius 2 is 2.36 bits per heavy atom. The summed E-state index contributed by atoms with van der Waals surface area (Å²) in [5.74, 6) is -0.326. The lowest BCUT2D eigenvalue weighted by atomic mass is 10.2. The van der Waals surface area contributed by atoms with Gasteiger partial charge in [0.15, 0.2) is 0 Å². The minimum absolute atomic E-state index is 0.326. The van der Waals surface area contributed by atoms with E-state index in [9.17, 15) is 9.59 Å². The van der Waals surface area contributed by atoms with Crippen molar-refractivity contribution in [3.63, 3.8) is 0 Å². The van der Waals surface area contributed by atoms with Gasteiger partial charge in [-0.05, 0) is 6.42 Å². The molecule has 0 saturated carbocycles. The molecule has 0 aliphatic carbocycles. The largest absolute Gasteiger partial charge is 0.465 e. The predicted molar refractivity (Wildman–Crippen MR) is 48.1 cm³/mol. The molecule has 0 radical (unpaired) electrons. The van der Waals surface area contributed by atoms with Crippen molar-refractivity contribution >= 4 is 12.0 Å². The number of carboxylic acid groups (broad SMARTS) is 1. The molecule has 2 N–H and O–H groups in total. The zero-order chi connectivity index (χ0) is 10.6. The van der Waals surface area contributed by atoms with Gasteiger partial charge >= 0.3 is 6.09 Å². The van der Waals surface area contributed by atoms with E-state index in [-0.39, 0.29) is 5.91 Å². The van der Waals surface area contributed by atoms with Crippen LogP contribution < -0.4 is 5.32 Å². The van der Waals surface area contributed by atoms with Crippen LogP contribution in [0.4, 0.5) is 4.79 Å². The van der Waals surface area contributed by atoms with Crippen molar-refractivity contribution < 1.29 is 14.7 Å². The van der Waals surface area contributed by atoms with Gasteiger partial charge in [0.1, 0.15) is 12.4 Å². The number of carbonyl (C=O) groups excluding carboxylic acids is 1. The van der Waals surface area contributed by atoms with Gasteiger partial charge in [0, 0.05) is 12.4 Å². The normalized spacial score (nSPS) is 12.1. The molecule has 0 fully saturated rings. The van der Waals surface area contributed by atoms with E-state index in [4.69, 9.17) is 5.11 Å². The third-order valence-corrected chi connectivity index (χ3v) is 1.76. The molecule has 0 unspecified atom stereocenters. The van der Waals surface area contributed by atoms with Crippen molar-refractivity contribution in [3.8, 4) is 0 Å². The van der Waals surface area contributed by atoms with Gasteiger partial charge in [0.25, 0.3) is 5.91 Å². The molecule has 14 heavy (non-hydrogen) atoms. The average Bonchev–Trinajstić information content (AvgIpc) is 2.65. The zero-order valence-corrected chi connectivity index (χ0v) is 7.67. The second kappa shape index (κ2) is 4.40. The first-order valence-corrected chi connectivity index (χ1v) is 4.16. The molecule has 76 valence electrons. The lowest BCUT2D eigenvalue weighted by Crippen LogP contribution is -2.41. The molecule has 1 aromatic rings. The van der Waals surface area contributed by atoms with Gasteiger partial charge in [-0.25, -0.2) is 9.78 Å². The molecule has 0 aromatic carbocycles. The van der Waals surface area contributed by atoms with Gasteiger partial charge < -0.3 is 10.4 Å². The van der Waals surface area contributed by atoms with E-state index in [0.717, 1.165) is 0 Å². The SMILES string of the molecule is CC[C@H](NC(=O)O)C(=O)n1ccnc1. The van der Waals surface area contributed by atoms with E-state index in [1.807, 2.05) is 0 Å². The maximum absolute atomic E-state index is 11.6. The van der Waals surface area contributed by atoms with Crippen LogP contribution >= 0.6 is 0 Å². The van der Waals surface area contributed by atoms with Gasteiger partial charge in [-0.15, -0.1) is 0 Å². The van der Waals surface area contributed by atoms with Crippen molar-refractivity contribution in [2.75, 3.05) is 0 Å². The minimum Gasteiger partial charge on any atom is -0.465 e. The number of carbonyl (C=O) groups is 2. The van der Waals surface area contributed by atoms with E-state index < -0.39 is 12.1 Å². The number of nitrogens with one attached hydrogen (secondary N) is 1. The number of nitrogens with zero attached hydrogens (tertiary/aromatic N) is 2. The second-order valence-corrected chi connectivity index (χ2v) is 2.72. The molecular formula is C8H11N3O3. The molecule has 6 nitrogen and oxygen atoms in total. The zero-order valence-electron chi connectivity index (χ0n) is 7.67. The molecule has 1 heterocycles. The van der Waals surface area contributed by atoms with Crippen LogP contribution in [-0.4, -0.2) is 32.7 Å². The molecule has 1 amide bonds. The summed E-state index contributed by atoms with van der Waals surface area (Å²) >= 11 is 0. The summed E-state index contributed by atoms with van der Waals surface area (Å²) < 4.78 is 1.25. The lowest BCUT2D eigenvalue weighted by Gasteiger charge is -2.12. The van der Waals surface area contributed by atoms with Crippen molar-refractivity contribution in [1.82, 2.24) is 14.9 Å². The molecule has 1 aromatic heterocycles. The van der Waals surface area contributed by atoms with E-state index in [0.29, 0.717) is 6.42 Å². The molecule has 0 saturated heterocycles. The maximum Gasteiger partial charge on any atom is 0.405 e. The Morgan fingerprint density at radius 3 is 2.79 bits per heavy atom. The van der Waals surface area contributed by atoms with Crippen LogP contribution in [0.3, 0.4) is 0 Å². The second-order valence-electron chi connectivity index (χ2n) is 2.72. The topological polar surface area (TPSA) is 84.2 Å². The average molecular weight is 197 g/mol. The highest BCUT2D eigenvalue weighted by Gasteiger charge is 2.19. The maximum atomic E-state index is 11.6. The molecule has 1 atom stereocenters. The van der Waals surface area contributed by atoms with E-state index in [2.05, 4.69) is 10.3 Å². The van der Waals surface area contributed by atoms with Crippen molar-refractivity contribution in [2.24, 2.45) is 0 Å². The monoisotopic (exact) mass is 197 g/mol. The highest BCUT2D eigenvalue weighted by molar-refractivity contribution is 5.87. The van der Waals surface area contributed by atoms with Crippen molar-refractivity contribution in [3.05, 3.63) is 18.7 Å². The van der Waals surface area contributed by atoms with Gasteiger partial charge in [0.2, 0.25) is 0 Å². The number of hydrogen-bond acceptors (Lipinski definition) is 3. The van der Waals surface area contributed by atoms with Gasteiger partial charge in [0.05, 0.1) is 0 Å². The third-order valence-electron chi connectivity index (χ3n) is 1.76. The lowest BCUT2D eigenvalue weighted by molar-refractivity contribution is 0.0851. The Balaban J connectivity index is 2.70. The molecule has 6 heteroatoms. The first-order chi connectivity index (χ1) is 6.65. The van der Waals surface area contributed by atoms with Crippen LogP contribution in [-0.2, 0) is 0 Å². The van der Waals surface area contributed by atoms with Crippen LogP contribution in [0.5, 0.6) is 0 Å². The van der Waals surface area contributed by atoms with Crippen molar-refractivity contribution in [2.45, 2.75) is 19.4 Å². The Morgan fingerprint density at radius 1 is 1.64 bits per heavy atom. The van der Waals surface area contributed by atoms with Crippen LogP contribution in [0, 0.1) is 0 Å². The minimum atomic E-state index is -1.20. The summed E-state index contributed by atoms with van der Waals surface area (Å²) in [6.07, 6.45) is 3.49. The fraction of sp³-hybridized carbons (Fsp3) is 0.375. The number of aromatic nitrogens is 2. The van der Waals surface area contributed by atoms with Gasteiger partial charge in [-0.2, -0.15) is 0 Å². The first kappa shape index (κ1) is 10.2. The Hall–Kier alpha value is -1.85. The predicted octanol–water partition coefficient (Wildman–Crippen LogP) is 0.569. The summed E-state index contributed by atoms with van der Waals surface area (Å²) in [4.78, 5) is 25.6. The fourth-order valence-corrected chi connectivity index (χ4v) is 1.06. The first-order valence-electron chi connectivity index (χ1n) is 4.16. The fourth-order valence-electron chi connectivity index (χ4n) is 1.06. The molecule has 0 aliphatic rings. The number of amides is 1. The number of rotatable bonds is 3. The Bertz CT molecular complexity index is 321. The molecule has 0 aliphatic heterocycles. The molecule has 1 rings (SSSR count). The van der Waals surface area contributed by atoms with Crippen LogP contribution in [0.1, 0.15) is 18.1 Å². The van der Waals surface area contributed by atoms with E-state index >= 15 is 0 Å². The van der Waals surface area contributed by atoms with Crippen LogP contribution in [0.25, 0.3) is 0 Å². The summed E-state index contributed by atoms with van der Waals surface area (Å²) in [5.41, 5.74) is 0. The van der Waals surface area contributed by atoms with Crippen LogP contribution in [0.2, 0.25) is 0 Å². The Labute approximate surface area is 80.6 Å². The summed E-state index contributed by atoms with van der Waals surface area (Å²) in [6.45, 7) is 1.73. The molecule has 0 bridgehead atoms. The van der Waals surface area contributed by atoms with Gasteiger partial charge in [-0.3, -0.25) is 9.36 Å². The summed E-state index contributed by atoms with van der Waals surface area (Å²) in [7, 11) is 0. The third kappa shape index (κ3) is 2.32. The molecular weight excluding hydrogens is 186 g/mol. The summed E-state index contributed by atoms with van der Waals surface area (Å²) in [6, 6.07) is -0.721. The highest BCUT2D eigenvalue weighted by Crippen LogP contribution is 1.97. The molecule has 0 spiro atoms. The van der Waals surface area contributed by atoms with Crippen molar-refractivity contribution in [1.29, 1.82) is 0 Å². The highest BCUT2D eigenvalue weighted by atomic mass is 16.4. The smallest absolute Gasteiger partial charge is 0.405 e. The standard InChI is InChI=1S/C8H11N3O3/c1-2-6(10-8(13)14)7(12)11-4-3-9-5-11/h3-6,10H,2H2,1H3,(H,13,14)/t6-/m0/s1. The number of imidazole rings is 1. The van der Waals surface area contributed by atoms with E-state index in [1.54, 1.807) is 6.92 Å². The number of hydrogen-bond donors (Lipinski definition) is 2. The Kier molecular flexibility index (Phi) is 3.22. The summed E-state index contributed by atoms with van der Waals surface area (Å²) in [5, 5.41) is 10.6.